The molecule has 0 amide bonds. The number of aromatic amines is 1. The average Bonchev–Trinajstić information content (AvgIpc) is 2.53. The van der Waals surface area contributed by atoms with E-state index in [0.29, 0.717) is 0 Å². The second kappa shape index (κ2) is 8.29. The minimum Gasteiger partial charge on any atom is -0.315 e. The molecule has 1 aromatic rings. The third kappa shape index (κ3) is 4.38. The van der Waals surface area contributed by atoms with Crippen molar-refractivity contribution in [2.75, 3.05) is 32.7 Å². The van der Waals surface area contributed by atoms with Crippen molar-refractivity contribution in [3.63, 3.8) is 0 Å². The molecule has 1 aromatic heterocycles. The van der Waals surface area contributed by atoms with Crippen LogP contribution in [0.15, 0.2) is 4.79 Å². The Morgan fingerprint density at radius 1 is 1.14 bits per heavy atom. The molecule has 1 heterocycles. The summed E-state index contributed by atoms with van der Waals surface area (Å²) in [6.45, 7) is 9.62. The Hall–Kier alpha value is -1.20. The van der Waals surface area contributed by atoms with Crippen molar-refractivity contribution in [1.29, 1.82) is 0 Å². The molecule has 0 atom stereocenters. The standard InChI is InChI=1S/C16H28N4O/c1-3-20(4-2)12-11-17-10-9-15-13-7-5-6-8-14(13)16(21)19-18-15/h17H,3-12H2,1-2H3,(H,19,21). The van der Waals surface area contributed by atoms with Crippen molar-refractivity contribution in [3.05, 3.63) is 27.2 Å². The predicted molar refractivity (Wildman–Crippen MR) is 85.9 cm³/mol. The number of aromatic nitrogens is 2. The maximum absolute atomic E-state index is 11.8. The highest BCUT2D eigenvalue weighted by Gasteiger charge is 2.17. The molecule has 0 spiro atoms. The lowest BCUT2D eigenvalue weighted by molar-refractivity contribution is 0.303. The van der Waals surface area contributed by atoms with E-state index in [0.717, 1.165) is 69.7 Å². The largest absolute Gasteiger partial charge is 0.315 e. The minimum atomic E-state index is 0.0166. The molecule has 0 aliphatic heterocycles. The van der Waals surface area contributed by atoms with Crippen LogP contribution in [0, 0.1) is 0 Å². The SMILES string of the molecule is CCN(CC)CCNCCc1n[nH]c(=O)c2c1CCCC2. The summed E-state index contributed by atoms with van der Waals surface area (Å²) in [5.41, 5.74) is 3.30. The predicted octanol–water partition coefficient (Wildman–Crippen LogP) is 1.12. The molecule has 0 unspecified atom stereocenters. The maximum Gasteiger partial charge on any atom is 0.267 e. The molecule has 0 radical (unpaired) electrons. The van der Waals surface area contributed by atoms with Crippen molar-refractivity contribution >= 4 is 0 Å². The zero-order valence-corrected chi connectivity index (χ0v) is 13.4. The number of fused-ring (bicyclic) bond motifs is 1. The summed E-state index contributed by atoms with van der Waals surface area (Å²) in [7, 11) is 0. The van der Waals surface area contributed by atoms with Crippen molar-refractivity contribution in [2.24, 2.45) is 0 Å². The summed E-state index contributed by atoms with van der Waals surface area (Å²) in [4.78, 5) is 14.2. The van der Waals surface area contributed by atoms with Gasteiger partial charge < -0.3 is 10.2 Å². The van der Waals surface area contributed by atoms with E-state index < -0.39 is 0 Å². The second-order valence-corrected chi connectivity index (χ2v) is 5.69. The number of nitrogens with one attached hydrogen (secondary N) is 2. The van der Waals surface area contributed by atoms with Gasteiger partial charge in [0, 0.05) is 31.6 Å². The zero-order valence-electron chi connectivity index (χ0n) is 13.4. The number of rotatable bonds is 8. The van der Waals surface area contributed by atoms with Gasteiger partial charge in [-0.1, -0.05) is 13.8 Å². The lowest BCUT2D eigenvalue weighted by Crippen LogP contribution is -2.33. The van der Waals surface area contributed by atoms with Crippen LogP contribution in [0.2, 0.25) is 0 Å². The highest BCUT2D eigenvalue weighted by Crippen LogP contribution is 2.20. The molecular weight excluding hydrogens is 264 g/mol. The molecule has 0 bridgehead atoms. The fourth-order valence-electron chi connectivity index (χ4n) is 3.04. The zero-order chi connectivity index (χ0) is 15.1. The van der Waals surface area contributed by atoms with Gasteiger partial charge >= 0.3 is 0 Å². The highest BCUT2D eigenvalue weighted by molar-refractivity contribution is 5.30. The fraction of sp³-hybridized carbons (Fsp3) is 0.750. The van der Waals surface area contributed by atoms with Crippen LogP contribution in [0.25, 0.3) is 0 Å². The van der Waals surface area contributed by atoms with E-state index >= 15 is 0 Å². The van der Waals surface area contributed by atoms with Crippen LogP contribution in [0.5, 0.6) is 0 Å². The van der Waals surface area contributed by atoms with Crippen LogP contribution in [-0.4, -0.2) is 47.8 Å². The van der Waals surface area contributed by atoms with E-state index in [4.69, 9.17) is 0 Å². The molecule has 21 heavy (non-hydrogen) atoms. The molecule has 0 saturated heterocycles. The van der Waals surface area contributed by atoms with Crippen molar-refractivity contribution in [1.82, 2.24) is 20.4 Å². The van der Waals surface area contributed by atoms with E-state index in [1.165, 1.54) is 12.0 Å². The normalized spacial score (nSPS) is 14.4. The molecule has 5 nitrogen and oxygen atoms in total. The Labute approximate surface area is 127 Å². The number of H-pyrrole nitrogens is 1. The van der Waals surface area contributed by atoms with Crippen molar-refractivity contribution in [3.8, 4) is 0 Å². The Bertz CT molecular complexity index is 494. The van der Waals surface area contributed by atoms with E-state index in [9.17, 15) is 4.79 Å². The molecule has 1 aliphatic carbocycles. The highest BCUT2D eigenvalue weighted by atomic mass is 16.1. The average molecular weight is 292 g/mol. The van der Waals surface area contributed by atoms with Crippen LogP contribution in [0.4, 0.5) is 0 Å². The van der Waals surface area contributed by atoms with Gasteiger partial charge in [0.25, 0.3) is 5.56 Å². The van der Waals surface area contributed by atoms with Crippen LogP contribution in [-0.2, 0) is 19.3 Å². The molecule has 0 aromatic carbocycles. The Kier molecular flexibility index (Phi) is 6.39. The maximum atomic E-state index is 11.8. The number of hydrogen-bond acceptors (Lipinski definition) is 4. The first kappa shape index (κ1) is 16.2. The van der Waals surface area contributed by atoms with Crippen LogP contribution >= 0.6 is 0 Å². The first-order chi connectivity index (χ1) is 10.3. The van der Waals surface area contributed by atoms with E-state index in [2.05, 4.69) is 34.3 Å². The van der Waals surface area contributed by atoms with E-state index in [-0.39, 0.29) is 5.56 Å². The van der Waals surface area contributed by atoms with Gasteiger partial charge in [-0.25, -0.2) is 5.10 Å². The van der Waals surface area contributed by atoms with E-state index in [1.54, 1.807) is 0 Å². The van der Waals surface area contributed by atoms with Crippen molar-refractivity contribution < 1.29 is 0 Å². The van der Waals surface area contributed by atoms with Gasteiger partial charge in [-0.15, -0.1) is 0 Å². The molecular formula is C16H28N4O. The third-order valence-corrected chi connectivity index (χ3v) is 4.42. The molecule has 2 rings (SSSR count). The first-order valence-corrected chi connectivity index (χ1v) is 8.28. The van der Waals surface area contributed by atoms with Crippen LogP contribution in [0.3, 0.4) is 0 Å². The number of nitrogens with zero attached hydrogens (tertiary/aromatic N) is 2. The lowest BCUT2D eigenvalue weighted by Gasteiger charge is -2.19. The Morgan fingerprint density at radius 2 is 1.86 bits per heavy atom. The molecule has 5 heteroatoms. The van der Waals surface area contributed by atoms with Gasteiger partial charge in [-0.3, -0.25) is 4.79 Å². The Morgan fingerprint density at radius 3 is 2.57 bits per heavy atom. The molecule has 0 fully saturated rings. The number of hydrogen-bond donors (Lipinski definition) is 2. The summed E-state index contributed by atoms with van der Waals surface area (Å²) in [6, 6.07) is 0. The van der Waals surface area contributed by atoms with Crippen molar-refractivity contribution in [2.45, 2.75) is 46.0 Å². The molecule has 0 saturated carbocycles. The summed E-state index contributed by atoms with van der Waals surface area (Å²) >= 11 is 0. The fourth-order valence-corrected chi connectivity index (χ4v) is 3.04. The third-order valence-electron chi connectivity index (χ3n) is 4.42. The van der Waals surface area contributed by atoms with E-state index in [1.807, 2.05) is 0 Å². The summed E-state index contributed by atoms with van der Waals surface area (Å²) in [5.74, 6) is 0. The van der Waals surface area contributed by atoms with Gasteiger partial charge in [-0.05, 0) is 44.3 Å². The second-order valence-electron chi connectivity index (χ2n) is 5.69. The van der Waals surface area contributed by atoms with Gasteiger partial charge in [0.15, 0.2) is 0 Å². The van der Waals surface area contributed by atoms with Gasteiger partial charge in [0.2, 0.25) is 0 Å². The van der Waals surface area contributed by atoms with Crippen LogP contribution < -0.4 is 10.9 Å². The Balaban J connectivity index is 1.83. The molecule has 1 aliphatic rings. The van der Waals surface area contributed by atoms with Gasteiger partial charge in [-0.2, -0.15) is 5.10 Å². The molecule has 2 N–H and O–H groups in total. The lowest BCUT2D eigenvalue weighted by atomic mass is 9.91. The summed E-state index contributed by atoms with van der Waals surface area (Å²) < 4.78 is 0. The summed E-state index contributed by atoms with van der Waals surface area (Å²) in [5, 5.41) is 10.4. The topological polar surface area (TPSA) is 61.0 Å². The minimum absolute atomic E-state index is 0.0166. The summed E-state index contributed by atoms with van der Waals surface area (Å²) in [6.07, 6.45) is 5.14. The smallest absolute Gasteiger partial charge is 0.267 e. The monoisotopic (exact) mass is 292 g/mol. The van der Waals surface area contributed by atoms with Gasteiger partial charge in [0.05, 0.1) is 5.69 Å². The quantitative estimate of drug-likeness (QED) is 0.705. The van der Waals surface area contributed by atoms with Gasteiger partial charge in [0.1, 0.15) is 0 Å². The molecule has 118 valence electrons. The number of likely N-dealkylation sites (N-methyl/N-ethyl adjacent to an activating group) is 1. The first-order valence-electron chi connectivity index (χ1n) is 8.28. The van der Waals surface area contributed by atoms with Crippen LogP contribution in [0.1, 0.15) is 43.5 Å².